The third kappa shape index (κ3) is 2.06. The Kier molecular flexibility index (Phi) is 2.79. The molecule has 7 heteroatoms. The number of anilines is 2. The zero-order chi connectivity index (χ0) is 15.2. The van der Waals surface area contributed by atoms with Gasteiger partial charge in [-0.2, -0.15) is 0 Å². The summed E-state index contributed by atoms with van der Waals surface area (Å²) in [5.41, 5.74) is -0.136. The van der Waals surface area contributed by atoms with Gasteiger partial charge < -0.3 is 5.32 Å². The fourth-order valence-electron chi connectivity index (χ4n) is 2.37. The van der Waals surface area contributed by atoms with Gasteiger partial charge in [-0.1, -0.05) is 0 Å². The first-order valence-electron chi connectivity index (χ1n) is 6.52. The van der Waals surface area contributed by atoms with Gasteiger partial charge in [0.25, 0.3) is 5.91 Å². The van der Waals surface area contributed by atoms with Crippen molar-refractivity contribution in [3.63, 3.8) is 0 Å². The molecule has 0 aromatic heterocycles. The minimum absolute atomic E-state index is 0.211. The highest BCUT2D eigenvalue weighted by Crippen LogP contribution is 2.49. The number of barbiturate groups is 1. The van der Waals surface area contributed by atoms with Gasteiger partial charge >= 0.3 is 6.03 Å². The molecule has 21 heavy (non-hydrogen) atoms. The molecule has 108 valence electrons. The van der Waals surface area contributed by atoms with Crippen molar-refractivity contribution in [3.05, 3.63) is 24.3 Å². The molecule has 0 bridgehead atoms. The van der Waals surface area contributed by atoms with Crippen molar-refractivity contribution in [3.8, 4) is 0 Å². The number of nitrogens with one attached hydrogen (secondary N) is 2. The second-order valence-electron chi connectivity index (χ2n) is 5.21. The van der Waals surface area contributed by atoms with Crippen molar-refractivity contribution in [1.82, 2.24) is 5.32 Å². The molecule has 2 N–H and O–H groups in total. The van der Waals surface area contributed by atoms with E-state index in [-0.39, 0.29) is 5.91 Å². The van der Waals surface area contributed by atoms with E-state index in [0.29, 0.717) is 24.2 Å². The largest absolute Gasteiger partial charge is 0.335 e. The summed E-state index contributed by atoms with van der Waals surface area (Å²) in [6.45, 7) is 1.39. The molecule has 1 heterocycles. The highest BCUT2D eigenvalue weighted by molar-refractivity contribution is 6.31. The highest BCUT2D eigenvalue weighted by Gasteiger charge is 2.62. The predicted octanol–water partition coefficient (Wildman–Crippen LogP) is 1.01. The van der Waals surface area contributed by atoms with E-state index < -0.39 is 23.3 Å². The van der Waals surface area contributed by atoms with Crippen molar-refractivity contribution in [1.29, 1.82) is 0 Å². The van der Waals surface area contributed by atoms with Crippen LogP contribution in [0.4, 0.5) is 16.2 Å². The van der Waals surface area contributed by atoms with Gasteiger partial charge in [0.1, 0.15) is 5.41 Å². The topological polar surface area (TPSA) is 95.6 Å². The van der Waals surface area contributed by atoms with Crippen molar-refractivity contribution < 1.29 is 19.2 Å². The van der Waals surface area contributed by atoms with Gasteiger partial charge in [0.2, 0.25) is 11.8 Å². The van der Waals surface area contributed by atoms with E-state index in [0.717, 1.165) is 4.90 Å². The molecular weight excluding hydrogens is 274 g/mol. The van der Waals surface area contributed by atoms with Crippen molar-refractivity contribution >= 4 is 35.1 Å². The Bertz CT molecular complexity index is 661. The minimum Gasteiger partial charge on any atom is -0.326 e. The third-order valence-electron chi connectivity index (χ3n) is 3.67. The first-order chi connectivity index (χ1) is 9.94. The molecule has 3 rings (SSSR count). The number of carbonyl (C=O) groups excluding carboxylic acids is 4. The average Bonchev–Trinajstić information content (AvgIpc) is 3.20. The lowest BCUT2D eigenvalue weighted by Crippen LogP contribution is -2.59. The van der Waals surface area contributed by atoms with Crippen LogP contribution >= 0.6 is 0 Å². The van der Waals surface area contributed by atoms with Crippen LogP contribution in [0.2, 0.25) is 0 Å². The minimum atomic E-state index is -1.07. The summed E-state index contributed by atoms with van der Waals surface area (Å²) in [5, 5.41) is 4.81. The van der Waals surface area contributed by atoms with Gasteiger partial charge in [-0.15, -0.1) is 0 Å². The second-order valence-corrected chi connectivity index (χ2v) is 5.21. The standard InChI is InChI=1S/C14H13N3O4/c1-8(18)15-9-2-4-10(5-3-9)17-12(20)14(6-7-14)11(19)16-13(17)21/h2-5H,6-7H2,1H3,(H,15,18)(H,16,19,21). The van der Waals surface area contributed by atoms with E-state index in [1.54, 1.807) is 24.3 Å². The maximum Gasteiger partial charge on any atom is 0.335 e. The monoisotopic (exact) mass is 287 g/mol. The number of hydrogen-bond acceptors (Lipinski definition) is 4. The van der Waals surface area contributed by atoms with Crippen LogP contribution in [0.3, 0.4) is 0 Å². The Labute approximate surface area is 120 Å². The quantitative estimate of drug-likeness (QED) is 0.793. The third-order valence-corrected chi connectivity index (χ3v) is 3.67. The molecule has 7 nitrogen and oxygen atoms in total. The summed E-state index contributed by atoms with van der Waals surface area (Å²) >= 11 is 0. The lowest BCUT2D eigenvalue weighted by molar-refractivity contribution is -0.136. The molecule has 0 unspecified atom stereocenters. The zero-order valence-electron chi connectivity index (χ0n) is 11.3. The van der Waals surface area contributed by atoms with Crippen molar-refractivity contribution in [2.24, 2.45) is 5.41 Å². The normalized spacial score (nSPS) is 19.5. The van der Waals surface area contributed by atoms with Crippen LogP contribution in [0.25, 0.3) is 0 Å². The van der Waals surface area contributed by atoms with E-state index in [9.17, 15) is 19.2 Å². The van der Waals surface area contributed by atoms with Crippen LogP contribution in [-0.4, -0.2) is 23.8 Å². The Morgan fingerprint density at radius 3 is 2.33 bits per heavy atom. The number of nitrogens with zero attached hydrogens (tertiary/aromatic N) is 1. The number of hydrogen-bond donors (Lipinski definition) is 2. The van der Waals surface area contributed by atoms with E-state index in [4.69, 9.17) is 0 Å². The summed E-state index contributed by atoms with van der Waals surface area (Å²) in [4.78, 5) is 47.9. The average molecular weight is 287 g/mol. The van der Waals surface area contributed by atoms with Crippen molar-refractivity contribution in [2.75, 3.05) is 10.2 Å². The Balaban J connectivity index is 1.88. The summed E-state index contributed by atoms with van der Waals surface area (Å²) in [6.07, 6.45) is 0.927. The molecule has 0 radical (unpaired) electrons. The number of rotatable bonds is 2. The van der Waals surface area contributed by atoms with Crippen LogP contribution < -0.4 is 15.5 Å². The molecule has 1 spiro atoms. The van der Waals surface area contributed by atoms with Crippen molar-refractivity contribution in [2.45, 2.75) is 19.8 Å². The molecule has 1 saturated carbocycles. The maximum absolute atomic E-state index is 12.4. The van der Waals surface area contributed by atoms with Gasteiger partial charge in [0.15, 0.2) is 0 Å². The van der Waals surface area contributed by atoms with E-state index in [1.807, 2.05) is 0 Å². The summed E-state index contributed by atoms with van der Waals surface area (Å²) in [5.74, 6) is -1.20. The highest BCUT2D eigenvalue weighted by atomic mass is 16.2. The predicted molar refractivity (Wildman–Crippen MR) is 73.4 cm³/mol. The Morgan fingerprint density at radius 2 is 1.81 bits per heavy atom. The van der Waals surface area contributed by atoms with Crippen LogP contribution in [0.1, 0.15) is 19.8 Å². The first kappa shape index (κ1) is 13.3. The van der Waals surface area contributed by atoms with E-state index in [2.05, 4.69) is 10.6 Å². The number of carbonyl (C=O) groups is 4. The van der Waals surface area contributed by atoms with Crippen LogP contribution in [0, 0.1) is 5.41 Å². The van der Waals surface area contributed by atoms with Gasteiger partial charge in [-0.3, -0.25) is 19.7 Å². The lowest BCUT2D eigenvalue weighted by atomic mass is 10.0. The SMILES string of the molecule is CC(=O)Nc1ccc(N2C(=O)NC(=O)C3(CC3)C2=O)cc1. The van der Waals surface area contributed by atoms with E-state index >= 15 is 0 Å². The molecule has 2 aliphatic rings. The molecule has 1 aromatic carbocycles. The number of imide groups is 2. The van der Waals surface area contributed by atoms with Gasteiger partial charge in [0.05, 0.1) is 5.69 Å². The summed E-state index contributed by atoms with van der Waals surface area (Å²) in [6, 6.07) is 5.54. The van der Waals surface area contributed by atoms with Gasteiger partial charge in [0, 0.05) is 12.6 Å². The molecule has 1 saturated heterocycles. The summed E-state index contributed by atoms with van der Waals surface area (Å²) in [7, 11) is 0. The molecular formula is C14H13N3O4. The smallest absolute Gasteiger partial charge is 0.326 e. The molecule has 1 aromatic rings. The van der Waals surface area contributed by atoms with Gasteiger partial charge in [-0.05, 0) is 37.1 Å². The zero-order valence-corrected chi connectivity index (χ0v) is 11.3. The molecule has 5 amide bonds. The fourth-order valence-corrected chi connectivity index (χ4v) is 2.37. The van der Waals surface area contributed by atoms with Crippen LogP contribution in [-0.2, 0) is 14.4 Å². The van der Waals surface area contributed by atoms with Crippen LogP contribution in [0.15, 0.2) is 24.3 Å². The molecule has 0 atom stereocenters. The van der Waals surface area contributed by atoms with E-state index in [1.165, 1.54) is 6.92 Å². The second kappa shape index (κ2) is 4.41. The summed E-state index contributed by atoms with van der Waals surface area (Å²) < 4.78 is 0. The maximum atomic E-state index is 12.4. The first-order valence-corrected chi connectivity index (χ1v) is 6.52. The molecule has 1 aliphatic carbocycles. The Hall–Kier alpha value is -2.70. The molecule has 2 fully saturated rings. The molecule has 1 aliphatic heterocycles. The van der Waals surface area contributed by atoms with Crippen LogP contribution in [0.5, 0.6) is 0 Å². The Morgan fingerprint density at radius 1 is 1.19 bits per heavy atom. The number of benzene rings is 1. The lowest BCUT2D eigenvalue weighted by Gasteiger charge is -2.30. The number of urea groups is 1. The van der Waals surface area contributed by atoms with Gasteiger partial charge in [-0.25, -0.2) is 9.69 Å². The fraction of sp³-hybridized carbons (Fsp3) is 0.286. The number of amides is 5.